The largest absolute Gasteiger partial charge is 0.497 e. The van der Waals surface area contributed by atoms with Crippen LogP contribution in [-0.2, 0) is 6.54 Å². The fraction of sp³-hybridized carbons (Fsp3) is 0.292. The van der Waals surface area contributed by atoms with Crippen LogP contribution in [0.3, 0.4) is 0 Å². The zero-order valence-corrected chi connectivity index (χ0v) is 17.6. The number of piperidine rings is 1. The van der Waals surface area contributed by atoms with Crippen molar-refractivity contribution in [1.82, 2.24) is 15.3 Å². The second kappa shape index (κ2) is 9.93. The van der Waals surface area contributed by atoms with Crippen LogP contribution in [-0.4, -0.2) is 36.1 Å². The van der Waals surface area contributed by atoms with Crippen LogP contribution >= 0.6 is 0 Å². The number of aromatic nitrogens is 2. The van der Waals surface area contributed by atoms with E-state index in [0.717, 1.165) is 43.1 Å². The highest BCUT2D eigenvalue weighted by atomic mass is 16.5. The van der Waals surface area contributed by atoms with Gasteiger partial charge in [-0.1, -0.05) is 12.1 Å². The molecule has 1 N–H and O–H groups in total. The molecule has 1 aromatic heterocycles. The normalized spacial score (nSPS) is 13.5. The average molecular weight is 418 g/mol. The van der Waals surface area contributed by atoms with Gasteiger partial charge in [0.25, 0.3) is 11.8 Å². The highest BCUT2D eigenvalue weighted by Crippen LogP contribution is 2.29. The van der Waals surface area contributed by atoms with E-state index < -0.39 is 0 Å². The summed E-state index contributed by atoms with van der Waals surface area (Å²) in [7, 11) is 1.63. The van der Waals surface area contributed by atoms with Crippen molar-refractivity contribution in [2.75, 3.05) is 25.1 Å². The summed E-state index contributed by atoms with van der Waals surface area (Å²) < 4.78 is 11.1. The molecule has 0 unspecified atom stereocenters. The predicted molar refractivity (Wildman–Crippen MR) is 119 cm³/mol. The van der Waals surface area contributed by atoms with E-state index in [1.807, 2.05) is 24.3 Å². The number of carbonyl (C=O) groups is 1. The van der Waals surface area contributed by atoms with Crippen LogP contribution in [0.1, 0.15) is 35.2 Å². The van der Waals surface area contributed by atoms with Crippen LogP contribution in [0, 0.1) is 0 Å². The van der Waals surface area contributed by atoms with Gasteiger partial charge in [0.1, 0.15) is 11.5 Å². The fourth-order valence-electron chi connectivity index (χ4n) is 3.53. The van der Waals surface area contributed by atoms with Gasteiger partial charge in [0.2, 0.25) is 0 Å². The van der Waals surface area contributed by atoms with Gasteiger partial charge in [0.05, 0.1) is 7.11 Å². The summed E-state index contributed by atoms with van der Waals surface area (Å²) in [6.45, 7) is 2.37. The zero-order valence-electron chi connectivity index (χ0n) is 17.6. The highest BCUT2D eigenvalue weighted by molar-refractivity contribution is 5.94. The molecule has 3 aromatic rings. The van der Waals surface area contributed by atoms with Crippen LogP contribution < -0.4 is 19.7 Å². The van der Waals surface area contributed by atoms with Crippen molar-refractivity contribution in [2.24, 2.45) is 0 Å². The summed E-state index contributed by atoms with van der Waals surface area (Å²) in [4.78, 5) is 23.5. The lowest BCUT2D eigenvalue weighted by molar-refractivity contribution is 0.0951. The Morgan fingerprint density at radius 3 is 2.32 bits per heavy atom. The Bertz CT molecular complexity index is 1000. The van der Waals surface area contributed by atoms with Crippen molar-refractivity contribution in [1.29, 1.82) is 0 Å². The zero-order chi connectivity index (χ0) is 21.5. The van der Waals surface area contributed by atoms with Crippen LogP contribution in [0.15, 0.2) is 60.9 Å². The molecular weight excluding hydrogens is 392 g/mol. The third-order valence-corrected chi connectivity index (χ3v) is 5.25. The molecule has 0 bridgehead atoms. The Morgan fingerprint density at radius 1 is 0.935 bits per heavy atom. The van der Waals surface area contributed by atoms with E-state index in [9.17, 15) is 4.79 Å². The van der Waals surface area contributed by atoms with E-state index in [1.165, 1.54) is 6.42 Å². The maximum absolute atomic E-state index is 12.5. The number of ether oxygens (including phenoxy) is 2. The molecule has 31 heavy (non-hydrogen) atoms. The topological polar surface area (TPSA) is 76.6 Å². The number of hydrogen-bond donors (Lipinski definition) is 1. The van der Waals surface area contributed by atoms with E-state index in [0.29, 0.717) is 23.7 Å². The number of nitrogens with zero attached hydrogens (tertiary/aromatic N) is 3. The average Bonchev–Trinajstić information content (AvgIpc) is 2.84. The van der Waals surface area contributed by atoms with E-state index in [4.69, 9.17) is 9.47 Å². The minimum atomic E-state index is -0.143. The summed E-state index contributed by atoms with van der Waals surface area (Å²) in [6.07, 6.45) is 6.86. The third-order valence-electron chi connectivity index (χ3n) is 5.25. The molecule has 1 aliphatic heterocycles. The van der Waals surface area contributed by atoms with Crippen molar-refractivity contribution in [3.63, 3.8) is 0 Å². The summed E-state index contributed by atoms with van der Waals surface area (Å²) in [5.74, 6) is 2.52. The molecular formula is C24H26N4O3. The SMILES string of the molecule is COc1ccc(CNC(=O)c2ccc(Oc3nccnc3N3CCCCC3)cc2)cc1. The standard InChI is InChI=1S/C24H26N4O3/c1-30-20-9-5-18(6-10-20)17-27-23(29)19-7-11-21(12-8-19)31-24-22(25-13-14-26-24)28-15-3-2-4-16-28/h5-14H,2-4,15-17H2,1H3,(H,27,29). The van der Waals surface area contributed by atoms with Gasteiger partial charge < -0.3 is 19.7 Å². The molecule has 1 fully saturated rings. The molecule has 1 aliphatic rings. The molecule has 0 saturated carbocycles. The first kappa shape index (κ1) is 20.7. The molecule has 2 heterocycles. The van der Waals surface area contributed by atoms with Crippen molar-refractivity contribution < 1.29 is 14.3 Å². The predicted octanol–water partition coefficient (Wildman–Crippen LogP) is 4.20. The minimum absolute atomic E-state index is 0.143. The molecule has 4 rings (SSSR count). The molecule has 7 nitrogen and oxygen atoms in total. The fourth-order valence-corrected chi connectivity index (χ4v) is 3.53. The summed E-state index contributed by atoms with van der Waals surface area (Å²) in [5, 5.41) is 2.92. The van der Waals surface area contributed by atoms with Gasteiger partial charge in [-0.05, 0) is 61.2 Å². The lowest BCUT2D eigenvalue weighted by Crippen LogP contribution is -2.30. The number of benzene rings is 2. The van der Waals surface area contributed by atoms with E-state index in [-0.39, 0.29) is 5.91 Å². The summed E-state index contributed by atoms with van der Waals surface area (Å²) in [6, 6.07) is 14.6. The third kappa shape index (κ3) is 5.31. The van der Waals surface area contributed by atoms with Crippen molar-refractivity contribution >= 4 is 11.7 Å². The van der Waals surface area contributed by atoms with Crippen molar-refractivity contribution in [3.05, 3.63) is 72.1 Å². The first-order valence-electron chi connectivity index (χ1n) is 10.5. The Kier molecular flexibility index (Phi) is 6.62. The first-order chi connectivity index (χ1) is 15.2. The molecule has 160 valence electrons. The Morgan fingerprint density at radius 2 is 1.61 bits per heavy atom. The van der Waals surface area contributed by atoms with Crippen LogP contribution in [0.4, 0.5) is 5.82 Å². The molecule has 0 spiro atoms. The lowest BCUT2D eigenvalue weighted by Gasteiger charge is -2.28. The molecule has 1 amide bonds. The summed E-state index contributed by atoms with van der Waals surface area (Å²) in [5.41, 5.74) is 1.57. The lowest BCUT2D eigenvalue weighted by atomic mass is 10.1. The van der Waals surface area contributed by atoms with E-state index >= 15 is 0 Å². The van der Waals surface area contributed by atoms with E-state index in [2.05, 4.69) is 20.2 Å². The summed E-state index contributed by atoms with van der Waals surface area (Å²) >= 11 is 0. The number of amides is 1. The number of carbonyl (C=O) groups excluding carboxylic acids is 1. The quantitative estimate of drug-likeness (QED) is 0.620. The van der Waals surface area contributed by atoms with Crippen LogP contribution in [0.25, 0.3) is 0 Å². The molecule has 0 atom stereocenters. The molecule has 2 aromatic carbocycles. The van der Waals surface area contributed by atoms with Gasteiger partial charge in [-0.15, -0.1) is 0 Å². The second-order valence-corrected chi connectivity index (χ2v) is 7.39. The van der Waals surface area contributed by atoms with Crippen molar-refractivity contribution in [3.8, 4) is 17.4 Å². The molecule has 0 aliphatic carbocycles. The Labute approximate surface area is 182 Å². The van der Waals surface area contributed by atoms with E-state index in [1.54, 1.807) is 43.8 Å². The first-order valence-corrected chi connectivity index (χ1v) is 10.5. The van der Waals surface area contributed by atoms with Gasteiger partial charge in [0.15, 0.2) is 5.82 Å². The number of rotatable bonds is 7. The Balaban J connectivity index is 1.37. The monoisotopic (exact) mass is 418 g/mol. The van der Waals surface area contributed by atoms with Gasteiger partial charge >= 0.3 is 0 Å². The van der Waals surface area contributed by atoms with Gasteiger partial charge in [-0.25, -0.2) is 9.97 Å². The van der Waals surface area contributed by atoms with Crippen LogP contribution in [0.5, 0.6) is 17.4 Å². The number of nitrogens with one attached hydrogen (secondary N) is 1. The van der Waals surface area contributed by atoms with Gasteiger partial charge in [-0.3, -0.25) is 4.79 Å². The smallest absolute Gasteiger partial charge is 0.263 e. The minimum Gasteiger partial charge on any atom is -0.497 e. The highest BCUT2D eigenvalue weighted by Gasteiger charge is 2.18. The molecule has 1 saturated heterocycles. The molecule has 7 heteroatoms. The molecule has 0 radical (unpaired) electrons. The maximum Gasteiger partial charge on any atom is 0.263 e. The number of methoxy groups -OCH3 is 1. The Hall–Kier alpha value is -3.61. The maximum atomic E-state index is 12.5. The second-order valence-electron chi connectivity index (χ2n) is 7.39. The van der Waals surface area contributed by atoms with Crippen molar-refractivity contribution in [2.45, 2.75) is 25.8 Å². The van der Waals surface area contributed by atoms with Gasteiger partial charge in [0, 0.05) is 37.6 Å². The van der Waals surface area contributed by atoms with Gasteiger partial charge in [-0.2, -0.15) is 0 Å². The van der Waals surface area contributed by atoms with Crippen LogP contribution in [0.2, 0.25) is 0 Å². The number of hydrogen-bond acceptors (Lipinski definition) is 6. The number of anilines is 1.